The van der Waals surface area contributed by atoms with Crippen molar-refractivity contribution >= 4 is 33.3 Å². The van der Waals surface area contributed by atoms with Gasteiger partial charge in [0.15, 0.2) is 0 Å². The van der Waals surface area contributed by atoms with Gasteiger partial charge in [0.25, 0.3) is 5.91 Å². The number of urea groups is 1. The van der Waals surface area contributed by atoms with Crippen LogP contribution in [0.1, 0.15) is 50.4 Å². The summed E-state index contributed by atoms with van der Waals surface area (Å²) in [6, 6.07) is 17.4. The Morgan fingerprint density at radius 3 is 2.42 bits per heavy atom. The minimum Gasteiger partial charge on any atom is -0.490 e. The van der Waals surface area contributed by atoms with Crippen molar-refractivity contribution in [3.63, 3.8) is 0 Å². The monoisotopic (exact) mass is 684 g/mol. The smallest absolute Gasteiger partial charge is 0.323 e. The summed E-state index contributed by atoms with van der Waals surface area (Å²) < 4.78 is 53.9. The lowest BCUT2D eigenvalue weighted by Crippen LogP contribution is -2.48. The summed E-state index contributed by atoms with van der Waals surface area (Å²) in [5.41, 5.74) is 1.18. The first-order valence-electron chi connectivity index (χ1n) is 16.1. The maximum Gasteiger partial charge on any atom is 0.323 e. The van der Waals surface area contributed by atoms with Gasteiger partial charge in [-0.1, -0.05) is 25.1 Å². The molecule has 1 aliphatic rings. The number of carbonyl (C=O) groups is 2. The predicted molar refractivity (Wildman–Crippen MR) is 182 cm³/mol. The van der Waals surface area contributed by atoms with Crippen molar-refractivity contribution < 1.29 is 37.0 Å². The first-order valence-corrected chi connectivity index (χ1v) is 17.5. The number of likely N-dealkylation sites (N-methyl/N-ethyl adjacent to an activating group) is 1. The van der Waals surface area contributed by atoms with Crippen molar-refractivity contribution in [1.29, 1.82) is 0 Å². The van der Waals surface area contributed by atoms with Crippen LogP contribution in [0.3, 0.4) is 0 Å². The molecule has 48 heavy (non-hydrogen) atoms. The molecule has 0 radical (unpaired) electrons. The zero-order valence-electron chi connectivity index (χ0n) is 27.8. The lowest BCUT2D eigenvalue weighted by Gasteiger charge is -2.35. The SMILES string of the molecule is C[C@@H]1CCCCO[C@@H](CN(C)S(=O)(=O)c2ccc(F)cc2)[C@H](C)CN([C@@H](C)CO)C(=O)c2cc(NC(=O)Nc3ccccc3)ccc2O1. The number of amides is 3. The highest BCUT2D eigenvalue weighted by molar-refractivity contribution is 7.89. The van der Waals surface area contributed by atoms with E-state index in [2.05, 4.69) is 10.6 Å². The van der Waals surface area contributed by atoms with Crippen molar-refractivity contribution in [2.24, 2.45) is 5.92 Å². The Bertz CT molecular complexity index is 1630. The number of para-hydroxylation sites is 1. The van der Waals surface area contributed by atoms with Gasteiger partial charge in [-0.05, 0) is 87.7 Å². The third kappa shape index (κ3) is 9.75. The van der Waals surface area contributed by atoms with E-state index in [1.807, 2.05) is 19.9 Å². The molecule has 260 valence electrons. The van der Waals surface area contributed by atoms with Crippen LogP contribution in [-0.2, 0) is 14.8 Å². The fourth-order valence-electron chi connectivity index (χ4n) is 5.42. The highest BCUT2D eigenvalue weighted by Crippen LogP contribution is 2.29. The van der Waals surface area contributed by atoms with Crippen LogP contribution in [-0.4, -0.2) is 86.3 Å². The molecule has 3 aromatic carbocycles. The van der Waals surface area contributed by atoms with Crippen LogP contribution in [0.15, 0.2) is 77.7 Å². The van der Waals surface area contributed by atoms with Crippen LogP contribution in [0.5, 0.6) is 5.75 Å². The number of aliphatic hydroxyl groups excluding tert-OH is 1. The normalized spacial score (nSPS) is 20.3. The van der Waals surface area contributed by atoms with Crippen LogP contribution in [0.25, 0.3) is 0 Å². The van der Waals surface area contributed by atoms with Gasteiger partial charge in [-0.25, -0.2) is 17.6 Å². The first kappa shape index (κ1) is 36.8. The number of rotatable bonds is 8. The number of anilines is 2. The highest BCUT2D eigenvalue weighted by atomic mass is 32.2. The maximum atomic E-state index is 14.3. The third-order valence-electron chi connectivity index (χ3n) is 8.30. The molecule has 0 aliphatic carbocycles. The Hall–Kier alpha value is -4.04. The second kappa shape index (κ2) is 16.9. The van der Waals surface area contributed by atoms with E-state index in [0.717, 1.165) is 18.6 Å². The summed E-state index contributed by atoms with van der Waals surface area (Å²) in [5, 5.41) is 15.7. The lowest BCUT2D eigenvalue weighted by molar-refractivity contribution is -0.00834. The number of fused-ring (bicyclic) bond motifs is 1. The molecule has 0 spiro atoms. The minimum absolute atomic E-state index is 0.0168. The van der Waals surface area contributed by atoms with Gasteiger partial charge in [0.1, 0.15) is 11.6 Å². The number of carbonyl (C=O) groups excluding carboxylic acids is 2. The second-order valence-electron chi connectivity index (χ2n) is 12.2. The second-order valence-corrected chi connectivity index (χ2v) is 14.2. The lowest BCUT2D eigenvalue weighted by atomic mass is 10.0. The average molecular weight is 685 g/mol. The summed E-state index contributed by atoms with van der Waals surface area (Å²) in [7, 11) is -2.52. The van der Waals surface area contributed by atoms with E-state index in [-0.39, 0.29) is 42.2 Å². The van der Waals surface area contributed by atoms with E-state index < -0.39 is 39.9 Å². The molecule has 0 bridgehead atoms. The maximum absolute atomic E-state index is 14.3. The topological polar surface area (TPSA) is 138 Å². The fraction of sp³-hybridized carbons (Fsp3) is 0.429. The highest BCUT2D eigenvalue weighted by Gasteiger charge is 2.32. The van der Waals surface area contributed by atoms with Gasteiger partial charge in [0.05, 0.1) is 35.3 Å². The molecule has 0 fully saturated rings. The minimum atomic E-state index is -3.96. The van der Waals surface area contributed by atoms with Gasteiger partial charge in [0, 0.05) is 44.0 Å². The number of sulfonamides is 1. The van der Waals surface area contributed by atoms with Gasteiger partial charge in [0.2, 0.25) is 10.0 Å². The molecule has 11 nitrogen and oxygen atoms in total. The number of aliphatic hydroxyl groups is 1. The van der Waals surface area contributed by atoms with E-state index in [1.165, 1.54) is 28.4 Å². The summed E-state index contributed by atoms with van der Waals surface area (Å²) in [4.78, 5) is 28.6. The number of nitrogens with zero attached hydrogens (tertiary/aromatic N) is 2. The molecular formula is C35H45FN4O7S. The van der Waals surface area contributed by atoms with Crippen LogP contribution in [0, 0.1) is 11.7 Å². The van der Waals surface area contributed by atoms with Crippen LogP contribution in [0.4, 0.5) is 20.6 Å². The Labute approximate surface area is 282 Å². The molecule has 4 rings (SSSR count). The number of hydrogen-bond acceptors (Lipinski definition) is 7. The zero-order valence-corrected chi connectivity index (χ0v) is 28.6. The molecule has 1 aliphatic heterocycles. The molecular weight excluding hydrogens is 639 g/mol. The molecule has 0 aromatic heterocycles. The van der Waals surface area contributed by atoms with Crippen molar-refractivity contribution in [1.82, 2.24) is 9.21 Å². The molecule has 0 saturated carbocycles. The molecule has 3 amide bonds. The zero-order chi connectivity index (χ0) is 34.8. The third-order valence-corrected chi connectivity index (χ3v) is 10.1. The average Bonchev–Trinajstić information content (AvgIpc) is 3.06. The Balaban J connectivity index is 1.62. The number of nitrogens with one attached hydrogen (secondary N) is 2. The van der Waals surface area contributed by atoms with Crippen molar-refractivity contribution in [2.75, 3.05) is 44.0 Å². The van der Waals surface area contributed by atoms with Crippen molar-refractivity contribution in [3.8, 4) is 5.75 Å². The summed E-state index contributed by atoms with van der Waals surface area (Å²) in [5.74, 6) is -1.000. The molecule has 0 saturated heterocycles. The van der Waals surface area contributed by atoms with Gasteiger partial charge in [-0.3, -0.25) is 4.79 Å². The Morgan fingerprint density at radius 1 is 1.04 bits per heavy atom. The summed E-state index contributed by atoms with van der Waals surface area (Å²) >= 11 is 0. The Kier molecular flexibility index (Phi) is 12.9. The molecule has 3 aromatic rings. The predicted octanol–water partition coefficient (Wildman–Crippen LogP) is 5.59. The summed E-state index contributed by atoms with van der Waals surface area (Å²) in [6.45, 7) is 5.64. The van der Waals surface area contributed by atoms with Gasteiger partial charge in [-0.2, -0.15) is 4.31 Å². The van der Waals surface area contributed by atoms with Gasteiger partial charge in [-0.15, -0.1) is 0 Å². The van der Waals surface area contributed by atoms with E-state index >= 15 is 0 Å². The largest absolute Gasteiger partial charge is 0.490 e. The number of hydrogen-bond donors (Lipinski definition) is 3. The number of halogens is 1. The van der Waals surface area contributed by atoms with Gasteiger partial charge < -0.3 is 30.1 Å². The fourth-order valence-corrected chi connectivity index (χ4v) is 6.60. The standard InChI is InChI=1S/C35H45FN4O7S/c1-24-21-40(25(2)23-41)34(42)31-20-29(38-35(43)37-28-11-6-5-7-12-28)15-18-32(31)47-26(3)10-8-9-19-46-33(24)22-39(4)48(44,45)30-16-13-27(36)14-17-30/h5-7,11-18,20,24-26,33,41H,8-10,19,21-23H2,1-4H3,(H2,37,38,43)/t24-,25+,26-,33+/m1/s1. The Morgan fingerprint density at radius 2 is 1.73 bits per heavy atom. The molecule has 0 unspecified atom stereocenters. The van der Waals surface area contributed by atoms with Gasteiger partial charge >= 0.3 is 6.03 Å². The van der Waals surface area contributed by atoms with E-state index in [0.29, 0.717) is 36.6 Å². The van der Waals surface area contributed by atoms with Crippen LogP contribution in [0.2, 0.25) is 0 Å². The molecule has 3 N–H and O–H groups in total. The molecule has 4 atom stereocenters. The van der Waals surface area contributed by atoms with Crippen LogP contribution >= 0.6 is 0 Å². The number of benzene rings is 3. The van der Waals surface area contributed by atoms with Crippen molar-refractivity contribution in [3.05, 3.63) is 84.2 Å². The quantitative estimate of drug-likeness (QED) is 0.282. The summed E-state index contributed by atoms with van der Waals surface area (Å²) in [6.07, 6.45) is 1.28. The van der Waals surface area contributed by atoms with Crippen LogP contribution < -0.4 is 15.4 Å². The molecule has 1 heterocycles. The van der Waals surface area contributed by atoms with E-state index in [9.17, 15) is 27.5 Å². The van der Waals surface area contributed by atoms with E-state index in [4.69, 9.17) is 9.47 Å². The van der Waals surface area contributed by atoms with E-state index in [1.54, 1.807) is 49.4 Å². The molecule has 13 heteroatoms. The number of ether oxygens (including phenoxy) is 2. The van der Waals surface area contributed by atoms with Crippen molar-refractivity contribution in [2.45, 2.75) is 63.2 Å². The first-order chi connectivity index (χ1) is 22.9.